The van der Waals surface area contributed by atoms with E-state index in [2.05, 4.69) is 9.64 Å². The van der Waals surface area contributed by atoms with Gasteiger partial charge < -0.3 is 15.4 Å². The van der Waals surface area contributed by atoms with E-state index in [0.717, 1.165) is 33.0 Å². The molecule has 0 saturated carbocycles. The Morgan fingerprint density at radius 3 is 2.68 bits per heavy atom. The van der Waals surface area contributed by atoms with Crippen LogP contribution in [0, 0.1) is 0 Å². The van der Waals surface area contributed by atoms with E-state index in [4.69, 9.17) is 5.73 Å². The molecule has 1 aliphatic heterocycles. The second-order valence-corrected chi connectivity index (χ2v) is 6.01. The highest BCUT2D eigenvalue weighted by atomic mass is 32.2. The van der Waals surface area contributed by atoms with Crippen molar-refractivity contribution >= 4 is 16.3 Å². The van der Waals surface area contributed by atoms with Crippen LogP contribution in [-0.2, 0) is 14.9 Å². The van der Waals surface area contributed by atoms with Crippen molar-refractivity contribution < 1.29 is 17.9 Å². The van der Waals surface area contributed by atoms with Crippen molar-refractivity contribution in [3.8, 4) is 0 Å². The molecule has 1 amide bonds. The lowest BCUT2D eigenvalue weighted by Crippen LogP contribution is -2.45. The molecule has 0 spiro atoms. The zero-order valence-electron chi connectivity index (χ0n) is 11.2. The number of hydrogen-bond acceptors (Lipinski definition) is 6. The molecule has 0 unspecified atom stereocenters. The zero-order chi connectivity index (χ0) is 14.3. The van der Waals surface area contributed by atoms with Crippen LogP contribution in [-0.4, -0.2) is 70.1 Å². The molecule has 1 heterocycles. The first-order valence-electron chi connectivity index (χ1n) is 6.28. The summed E-state index contributed by atoms with van der Waals surface area (Å²) >= 11 is 0. The number of methoxy groups -OCH3 is 1. The van der Waals surface area contributed by atoms with Gasteiger partial charge in [0.25, 0.3) is 0 Å². The number of ether oxygens (including phenoxy) is 1. The van der Waals surface area contributed by atoms with Crippen molar-refractivity contribution in [1.82, 2.24) is 13.9 Å². The maximum absolute atomic E-state index is 11.9. The first kappa shape index (κ1) is 16.2. The van der Waals surface area contributed by atoms with Gasteiger partial charge in [-0.05, 0) is 32.5 Å². The summed E-state index contributed by atoms with van der Waals surface area (Å²) < 4.78 is 31.2. The second kappa shape index (κ2) is 7.63. The molecule has 0 aromatic rings. The average Bonchev–Trinajstić information content (AvgIpc) is 2.61. The molecule has 8 nitrogen and oxygen atoms in total. The summed E-state index contributed by atoms with van der Waals surface area (Å²) in [4.78, 5) is 13.2. The largest absolute Gasteiger partial charge is 0.452 e. The summed E-state index contributed by atoms with van der Waals surface area (Å²) in [6.07, 6.45) is 0.657. The van der Waals surface area contributed by atoms with Gasteiger partial charge in [-0.3, -0.25) is 0 Å². The minimum Gasteiger partial charge on any atom is -0.452 e. The first-order chi connectivity index (χ1) is 8.99. The molecule has 0 aliphatic carbocycles. The molecule has 1 fully saturated rings. The zero-order valence-corrected chi connectivity index (χ0v) is 12.0. The van der Waals surface area contributed by atoms with Crippen molar-refractivity contribution in [1.29, 1.82) is 0 Å². The minimum atomic E-state index is -3.80. The number of amides is 1. The van der Waals surface area contributed by atoms with Gasteiger partial charge in [0.1, 0.15) is 0 Å². The standard InChI is InChI=1S/C10H22N4O4S/c1-18-10(15)12-19(16,17)14-7-3-6-13(8-9-14)5-2-4-11/h2-9,11H2,1H3,(H,12,15). The predicted molar refractivity (Wildman–Crippen MR) is 70.8 cm³/mol. The number of carbonyl (C=O) groups excluding carboxylic acids is 1. The van der Waals surface area contributed by atoms with Crippen LogP contribution in [0.3, 0.4) is 0 Å². The van der Waals surface area contributed by atoms with Crippen LogP contribution >= 0.6 is 0 Å². The van der Waals surface area contributed by atoms with Crippen LogP contribution in [0.4, 0.5) is 4.79 Å². The number of hydrogen-bond donors (Lipinski definition) is 2. The van der Waals surface area contributed by atoms with Crippen molar-refractivity contribution in [2.45, 2.75) is 12.8 Å². The second-order valence-electron chi connectivity index (χ2n) is 4.34. The molecule has 19 heavy (non-hydrogen) atoms. The summed E-state index contributed by atoms with van der Waals surface area (Å²) in [5.74, 6) is 0. The lowest BCUT2D eigenvalue weighted by Gasteiger charge is -2.21. The highest BCUT2D eigenvalue weighted by Gasteiger charge is 2.26. The van der Waals surface area contributed by atoms with Gasteiger partial charge in [-0.15, -0.1) is 0 Å². The van der Waals surface area contributed by atoms with Gasteiger partial charge >= 0.3 is 16.3 Å². The van der Waals surface area contributed by atoms with E-state index in [1.165, 1.54) is 4.31 Å². The summed E-state index contributed by atoms with van der Waals surface area (Å²) in [6.45, 7) is 3.73. The van der Waals surface area contributed by atoms with Gasteiger partial charge in [-0.1, -0.05) is 0 Å². The van der Waals surface area contributed by atoms with Crippen LogP contribution in [0.2, 0.25) is 0 Å². The first-order valence-corrected chi connectivity index (χ1v) is 7.72. The molecule has 0 atom stereocenters. The van der Waals surface area contributed by atoms with Crippen molar-refractivity contribution in [3.05, 3.63) is 0 Å². The van der Waals surface area contributed by atoms with Crippen LogP contribution in [0.1, 0.15) is 12.8 Å². The Hall–Kier alpha value is -0.900. The van der Waals surface area contributed by atoms with E-state index in [0.29, 0.717) is 26.2 Å². The van der Waals surface area contributed by atoms with E-state index in [1.807, 2.05) is 4.72 Å². The Kier molecular flexibility index (Phi) is 6.49. The molecule has 1 rings (SSSR count). The molecule has 0 bridgehead atoms. The Morgan fingerprint density at radius 1 is 1.32 bits per heavy atom. The third-order valence-corrected chi connectivity index (χ3v) is 4.43. The van der Waals surface area contributed by atoms with Crippen LogP contribution in [0.25, 0.3) is 0 Å². The topological polar surface area (TPSA) is 105 Å². The van der Waals surface area contributed by atoms with Crippen LogP contribution in [0.15, 0.2) is 0 Å². The number of nitrogens with two attached hydrogens (primary N) is 1. The van der Waals surface area contributed by atoms with Crippen LogP contribution < -0.4 is 10.5 Å². The van der Waals surface area contributed by atoms with Gasteiger partial charge in [-0.25, -0.2) is 9.52 Å². The molecule has 0 radical (unpaired) electrons. The lowest BCUT2D eigenvalue weighted by molar-refractivity contribution is 0.177. The van der Waals surface area contributed by atoms with Crippen molar-refractivity contribution in [2.75, 3.05) is 46.4 Å². The van der Waals surface area contributed by atoms with Crippen molar-refractivity contribution in [3.63, 3.8) is 0 Å². The number of nitrogens with zero attached hydrogens (tertiary/aromatic N) is 2. The average molecular weight is 294 g/mol. The van der Waals surface area contributed by atoms with Gasteiger partial charge in [-0.2, -0.15) is 12.7 Å². The maximum atomic E-state index is 11.9. The molecular formula is C10H22N4O4S. The maximum Gasteiger partial charge on any atom is 0.421 e. The fraction of sp³-hybridized carbons (Fsp3) is 0.900. The van der Waals surface area contributed by atoms with Gasteiger partial charge in [0, 0.05) is 19.6 Å². The van der Waals surface area contributed by atoms with E-state index in [9.17, 15) is 13.2 Å². The Labute approximate surface area is 114 Å². The third-order valence-electron chi connectivity index (χ3n) is 2.96. The molecule has 1 aliphatic rings. The monoisotopic (exact) mass is 294 g/mol. The Bertz CT molecular complexity index is 387. The third kappa shape index (κ3) is 5.31. The summed E-state index contributed by atoms with van der Waals surface area (Å²) in [5, 5.41) is 0. The number of nitrogens with one attached hydrogen (secondary N) is 1. The van der Waals surface area contributed by atoms with E-state index in [1.54, 1.807) is 0 Å². The number of carbonyl (C=O) groups is 1. The Morgan fingerprint density at radius 2 is 2.05 bits per heavy atom. The highest BCUT2D eigenvalue weighted by molar-refractivity contribution is 7.87. The molecule has 3 N–H and O–H groups in total. The summed E-state index contributed by atoms with van der Waals surface area (Å²) in [5.41, 5.74) is 5.46. The fourth-order valence-electron chi connectivity index (χ4n) is 1.94. The summed E-state index contributed by atoms with van der Waals surface area (Å²) in [6, 6.07) is 0. The minimum absolute atomic E-state index is 0.358. The van der Waals surface area contributed by atoms with Gasteiger partial charge in [0.05, 0.1) is 7.11 Å². The smallest absolute Gasteiger partial charge is 0.421 e. The molecule has 0 aromatic carbocycles. The number of rotatable bonds is 5. The highest BCUT2D eigenvalue weighted by Crippen LogP contribution is 2.07. The summed E-state index contributed by atoms with van der Waals surface area (Å²) in [7, 11) is -2.68. The fourth-order valence-corrected chi connectivity index (χ4v) is 3.05. The molecular weight excluding hydrogens is 272 g/mol. The molecule has 1 saturated heterocycles. The van der Waals surface area contributed by atoms with Gasteiger partial charge in [0.15, 0.2) is 0 Å². The predicted octanol–water partition coefficient (Wildman–Crippen LogP) is -1.06. The normalized spacial score (nSPS) is 18.8. The van der Waals surface area contributed by atoms with E-state index >= 15 is 0 Å². The lowest BCUT2D eigenvalue weighted by atomic mass is 10.3. The molecule has 112 valence electrons. The van der Waals surface area contributed by atoms with E-state index in [-0.39, 0.29) is 0 Å². The van der Waals surface area contributed by atoms with Crippen LogP contribution in [0.5, 0.6) is 0 Å². The van der Waals surface area contributed by atoms with E-state index < -0.39 is 16.3 Å². The van der Waals surface area contributed by atoms with Crippen molar-refractivity contribution in [2.24, 2.45) is 5.73 Å². The van der Waals surface area contributed by atoms with Gasteiger partial charge in [0.2, 0.25) is 0 Å². The SMILES string of the molecule is COC(=O)NS(=O)(=O)N1CCCN(CCCN)CC1. The molecule has 0 aromatic heterocycles. The Balaban J connectivity index is 2.54. The molecule has 9 heteroatoms. The quantitative estimate of drug-likeness (QED) is 0.670.